The number of hydrogen-bond acceptors (Lipinski definition) is 6. The number of thiazole rings is 2. The number of fused-ring (bicyclic) bond motifs is 2. The van der Waals surface area contributed by atoms with Crippen LogP contribution in [-0.2, 0) is 12.8 Å². The Bertz CT molecular complexity index is 1650. The molecule has 0 radical (unpaired) electrons. The smallest absolute Gasteiger partial charge is 0.134 e. The van der Waals surface area contributed by atoms with Gasteiger partial charge in [0.05, 0.1) is 37.3 Å². The molecule has 2 nitrogen and oxygen atoms in total. The number of nitrogens with zero attached hydrogens (tertiary/aromatic N) is 2. The third kappa shape index (κ3) is 14.5. The Labute approximate surface area is 384 Å². The van der Waals surface area contributed by atoms with Gasteiger partial charge < -0.3 is 0 Å². The number of aromatic nitrogens is 2. The lowest BCUT2D eigenvalue weighted by molar-refractivity contribution is 0.404. The van der Waals surface area contributed by atoms with Crippen LogP contribution in [-0.4, -0.2) is 9.97 Å². The topological polar surface area (TPSA) is 25.8 Å². The molecule has 0 saturated carbocycles. The van der Waals surface area contributed by atoms with Crippen molar-refractivity contribution in [2.75, 3.05) is 0 Å². The molecule has 0 amide bonds. The van der Waals surface area contributed by atoms with Crippen LogP contribution >= 0.6 is 90.5 Å². The SMILES string of the molecule is CCCCCCCCC(CCCCCC)Cc1ccc(-c2nc3c(I)c4sc(-c5ccc(CC(CCCCCC)CCCCCCCC)s5)nc4c(I)c3s2)s1. The van der Waals surface area contributed by atoms with Gasteiger partial charge in [-0.15, -0.1) is 45.3 Å². The molecule has 0 spiro atoms. The molecule has 4 heterocycles. The summed E-state index contributed by atoms with van der Waals surface area (Å²) in [6, 6.07) is 9.53. The molecule has 5 rings (SSSR count). The molecule has 310 valence electrons. The molecule has 56 heavy (non-hydrogen) atoms. The number of benzene rings is 1. The van der Waals surface area contributed by atoms with Crippen molar-refractivity contribution in [2.45, 2.75) is 195 Å². The van der Waals surface area contributed by atoms with Gasteiger partial charge in [-0.2, -0.15) is 0 Å². The minimum atomic E-state index is 0.815. The zero-order valence-electron chi connectivity index (χ0n) is 35.1. The highest BCUT2D eigenvalue weighted by atomic mass is 127. The average Bonchev–Trinajstić information content (AvgIpc) is 4.03. The first-order valence-electron chi connectivity index (χ1n) is 22.7. The van der Waals surface area contributed by atoms with Crippen LogP contribution in [0.3, 0.4) is 0 Å². The molecule has 0 aliphatic carbocycles. The maximum absolute atomic E-state index is 5.34. The van der Waals surface area contributed by atoms with Gasteiger partial charge in [0.2, 0.25) is 0 Å². The van der Waals surface area contributed by atoms with Crippen LogP contribution in [0, 0.1) is 19.0 Å². The second-order valence-corrected chi connectivity index (χ2v) is 23.0. The largest absolute Gasteiger partial charge is 0.234 e. The Hall–Kier alpha value is -0.140. The molecule has 0 saturated heterocycles. The summed E-state index contributed by atoms with van der Waals surface area (Å²) >= 11 is 12.9. The molecule has 0 fully saturated rings. The zero-order valence-corrected chi connectivity index (χ0v) is 42.7. The van der Waals surface area contributed by atoms with Gasteiger partial charge >= 0.3 is 0 Å². The predicted molar refractivity (Wildman–Crippen MR) is 273 cm³/mol. The fraction of sp³-hybridized carbons (Fsp3) is 0.667. The summed E-state index contributed by atoms with van der Waals surface area (Å²) in [6.07, 6.45) is 35.7. The van der Waals surface area contributed by atoms with Gasteiger partial charge in [-0.25, -0.2) is 9.97 Å². The van der Waals surface area contributed by atoms with E-state index >= 15 is 0 Å². The predicted octanol–water partition coefficient (Wildman–Crippen LogP) is 19.3. The third-order valence-electron chi connectivity index (χ3n) is 11.7. The van der Waals surface area contributed by atoms with E-state index in [0.717, 1.165) is 22.9 Å². The van der Waals surface area contributed by atoms with E-state index in [2.05, 4.69) is 97.1 Å². The van der Waals surface area contributed by atoms with Gasteiger partial charge in [0.25, 0.3) is 0 Å². The molecule has 5 aromatic rings. The van der Waals surface area contributed by atoms with Crippen LogP contribution in [0.1, 0.15) is 192 Å². The summed E-state index contributed by atoms with van der Waals surface area (Å²) in [5, 5.41) is 2.35. The first kappa shape index (κ1) is 46.9. The number of halogens is 2. The fourth-order valence-corrected chi connectivity index (χ4v) is 15.0. The second kappa shape index (κ2) is 26.3. The summed E-state index contributed by atoms with van der Waals surface area (Å²) in [5.74, 6) is 1.63. The first-order chi connectivity index (χ1) is 27.4. The monoisotopic (exact) mass is 1060 g/mol. The van der Waals surface area contributed by atoms with Crippen LogP contribution in [0.25, 0.3) is 40.2 Å². The van der Waals surface area contributed by atoms with Crippen LogP contribution in [0.15, 0.2) is 24.3 Å². The highest BCUT2D eigenvalue weighted by Gasteiger charge is 2.22. The lowest BCUT2D eigenvalue weighted by Crippen LogP contribution is -2.04. The molecule has 0 aliphatic rings. The molecule has 2 atom stereocenters. The Morgan fingerprint density at radius 3 is 1.11 bits per heavy atom. The minimum Gasteiger partial charge on any atom is -0.234 e. The van der Waals surface area contributed by atoms with Gasteiger partial charge in [0.15, 0.2) is 0 Å². The minimum absolute atomic E-state index is 0.815. The first-order valence-corrected chi connectivity index (χ1v) is 28.1. The average molecular weight is 1060 g/mol. The highest BCUT2D eigenvalue weighted by molar-refractivity contribution is 14.1. The Morgan fingerprint density at radius 1 is 0.429 bits per heavy atom. The van der Waals surface area contributed by atoms with Gasteiger partial charge in [-0.3, -0.25) is 0 Å². The summed E-state index contributed by atoms with van der Waals surface area (Å²) in [4.78, 5) is 16.4. The highest BCUT2D eigenvalue weighted by Crippen LogP contribution is 2.45. The molecule has 0 N–H and O–H groups in total. The van der Waals surface area contributed by atoms with Crippen molar-refractivity contribution in [3.8, 4) is 19.8 Å². The van der Waals surface area contributed by atoms with Gasteiger partial charge in [0.1, 0.15) is 10.0 Å². The lowest BCUT2D eigenvalue weighted by atomic mass is 9.91. The second-order valence-electron chi connectivity index (χ2n) is 16.5. The third-order valence-corrected chi connectivity index (χ3v) is 19.2. The Morgan fingerprint density at radius 2 is 0.750 bits per heavy atom. The normalized spacial score (nSPS) is 13.1. The molecule has 1 aromatic carbocycles. The van der Waals surface area contributed by atoms with Crippen molar-refractivity contribution in [3.63, 3.8) is 0 Å². The van der Waals surface area contributed by atoms with Crippen LogP contribution in [0.2, 0.25) is 0 Å². The van der Waals surface area contributed by atoms with Crippen LogP contribution in [0.4, 0.5) is 0 Å². The standard InChI is InChI=1S/C48H70I2N2S4/c1-5-9-13-17-19-23-27-35(25-21-15-11-7-3)33-37-29-31-39(53-37)47-51-43-41(49)46-44(42(50)45(43)55-47)52-48(56-46)40-32-30-38(54-40)34-36(26-22-16-12-8-4)28-24-20-18-14-10-6-2/h29-32,35-36H,5-28,33-34H2,1-4H3. The van der Waals surface area contributed by atoms with Crippen molar-refractivity contribution in [1.82, 2.24) is 9.97 Å². The van der Waals surface area contributed by atoms with E-state index in [9.17, 15) is 0 Å². The van der Waals surface area contributed by atoms with Gasteiger partial charge in [0, 0.05) is 9.75 Å². The maximum atomic E-state index is 5.34. The summed E-state index contributed by atoms with van der Waals surface area (Å²) in [7, 11) is 0. The van der Waals surface area contributed by atoms with Crippen molar-refractivity contribution >= 4 is 111 Å². The van der Waals surface area contributed by atoms with E-state index in [1.165, 1.54) is 203 Å². The number of hydrogen-bond donors (Lipinski definition) is 0. The van der Waals surface area contributed by atoms with E-state index in [4.69, 9.17) is 9.97 Å². The van der Waals surface area contributed by atoms with Crippen molar-refractivity contribution in [1.29, 1.82) is 0 Å². The molecule has 2 unspecified atom stereocenters. The summed E-state index contributed by atoms with van der Waals surface area (Å²) in [6.45, 7) is 9.28. The molecular formula is C48H70I2N2S4. The molecule has 4 aromatic heterocycles. The Balaban J connectivity index is 1.26. The van der Waals surface area contributed by atoms with Gasteiger partial charge in [-0.05, 0) is 94.1 Å². The summed E-state index contributed by atoms with van der Waals surface area (Å²) < 4.78 is 5.14. The molecule has 8 heteroatoms. The fourth-order valence-electron chi connectivity index (χ4n) is 8.28. The van der Waals surface area contributed by atoms with E-state index in [1.807, 2.05) is 45.3 Å². The summed E-state index contributed by atoms with van der Waals surface area (Å²) in [5.41, 5.74) is 2.33. The quantitative estimate of drug-likeness (QED) is 0.0338. The number of thiophene rings is 2. The van der Waals surface area contributed by atoms with Crippen molar-refractivity contribution < 1.29 is 0 Å². The van der Waals surface area contributed by atoms with Crippen LogP contribution in [0.5, 0.6) is 0 Å². The lowest BCUT2D eigenvalue weighted by Gasteiger charge is -2.16. The van der Waals surface area contributed by atoms with Crippen molar-refractivity contribution in [3.05, 3.63) is 41.2 Å². The zero-order chi connectivity index (χ0) is 39.5. The van der Waals surface area contributed by atoms with Gasteiger partial charge in [-0.1, -0.05) is 182 Å². The van der Waals surface area contributed by atoms with E-state index in [1.54, 1.807) is 9.75 Å². The van der Waals surface area contributed by atoms with Crippen molar-refractivity contribution in [2.24, 2.45) is 11.8 Å². The molecule has 0 bridgehead atoms. The van der Waals surface area contributed by atoms with E-state index in [0.29, 0.717) is 0 Å². The maximum Gasteiger partial charge on any atom is 0.134 e. The molecular weight excluding hydrogens is 987 g/mol. The number of rotatable bonds is 30. The van der Waals surface area contributed by atoms with Crippen LogP contribution < -0.4 is 0 Å². The van der Waals surface area contributed by atoms with E-state index < -0.39 is 0 Å². The van der Waals surface area contributed by atoms with E-state index in [-0.39, 0.29) is 0 Å². The number of unbranched alkanes of at least 4 members (excludes halogenated alkanes) is 16. The molecule has 0 aliphatic heterocycles. The Kier molecular flexibility index (Phi) is 22.0.